The molecule has 122 valence electrons. The van der Waals surface area contributed by atoms with Gasteiger partial charge in [0.05, 0.1) is 3.79 Å². The molecule has 0 saturated carbocycles. The van der Waals surface area contributed by atoms with Crippen molar-refractivity contribution >= 4 is 49.0 Å². The number of ether oxygens (including phenoxy) is 1. The van der Waals surface area contributed by atoms with E-state index >= 15 is 0 Å². The molecular formula is C14H12BrNO5S2. The lowest BCUT2D eigenvalue weighted by atomic mass is 10.1. The van der Waals surface area contributed by atoms with Gasteiger partial charge in [0, 0.05) is 5.56 Å². The van der Waals surface area contributed by atoms with Gasteiger partial charge in [0.1, 0.15) is 9.96 Å². The Morgan fingerprint density at radius 1 is 1.17 bits per heavy atom. The van der Waals surface area contributed by atoms with Crippen LogP contribution in [0, 0.1) is 0 Å². The lowest BCUT2D eigenvalue weighted by Crippen LogP contribution is -2.34. The van der Waals surface area contributed by atoms with Crippen LogP contribution in [-0.2, 0) is 14.8 Å². The van der Waals surface area contributed by atoms with E-state index in [1.807, 2.05) is 4.72 Å². The fourth-order valence-corrected chi connectivity index (χ4v) is 4.59. The number of Topliss-reactive ketones (excluding diaryl/α,β-unsaturated/α-hetero) is 1. The molecule has 0 aliphatic rings. The molecule has 1 aromatic carbocycles. The van der Waals surface area contributed by atoms with E-state index in [0.717, 1.165) is 11.3 Å². The van der Waals surface area contributed by atoms with Gasteiger partial charge in [-0.05, 0) is 59.3 Å². The Morgan fingerprint density at radius 2 is 1.83 bits per heavy atom. The van der Waals surface area contributed by atoms with Crippen LogP contribution >= 0.6 is 27.3 Å². The summed E-state index contributed by atoms with van der Waals surface area (Å²) in [6.45, 7) is 0.988. The van der Waals surface area contributed by atoms with Crippen LogP contribution < -0.4 is 9.46 Å². The number of hydrogen-bond donors (Lipinski definition) is 1. The summed E-state index contributed by atoms with van der Waals surface area (Å²) in [6.07, 6.45) is 0. The minimum atomic E-state index is -3.90. The maximum atomic E-state index is 12.0. The average Bonchev–Trinajstić information content (AvgIpc) is 2.92. The maximum absolute atomic E-state index is 12.0. The van der Waals surface area contributed by atoms with Crippen molar-refractivity contribution in [2.75, 3.05) is 6.61 Å². The van der Waals surface area contributed by atoms with Gasteiger partial charge in [-0.3, -0.25) is 9.59 Å². The van der Waals surface area contributed by atoms with Crippen molar-refractivity contribution in [1.82, 2.24) is 4.72 Å². The molecule has 1 N–H and O–H groups in total. The van der Waals surface area contributed by atoms with Crippen LogP contribution in [0.5, 0.6) is 5.75 Å². The van der Waals surface area contributed by atoms with Crippen molar-refractivity contribution in [2.24, 2.45) is 0 Å². The minimum Gasteiger partial charge on any atom is -0.484 e. The van der Waals surface area contributed by atoms with Crippen LogP contribution in [0.15, 0.2) is 44.4 Å². The number of carbonyl (C=O) groups excluding carboxylic acids is 2. The molecule has 2 rings (SSSR count). The highest BCUT2D eigenvalue weighted by Gasteiger charge is 2.19. The lowest BCUT2D eigenvalue weighted by molar-refractivity contribution is -0.121. The summed E-state index contributed by atoms with van der Waals surface area (Å²) in [4.78, 5) is 22.9. The van der Waals surface area contributed by atoms with Gasteiger partial charge in [-0.25, -0.2) is 13.1 Å². The van der Waals surface area contributed by atoms with Crippen molar-refractivity contribution in [1.29, 1.82) is 0 Å². The van der Waals surface area contributed by atoms with Gasteiger partial charge in [-0.1, -0.05) is 0 Å². The molecule has 0 aliphatic carbocycles. The molecule has 0 spiro atoms. The maximum Gasteiger partial charge on any atom is 0.273 e. The number of rotatable bonds is 6. The number of hydrogen-bond acceptors (Lipinski definition) is 6. The highest BCUT2D eigenvalue weighted by molar-refractivity contribution is 9.11. The first-order valence-corrected chi connectivity index (χ1v) is 9.42. The third-order valence-electron chi connectivity index (χ3n) is 2.69. The Hall–Kier alpha value is -1.71. The van der Waals surface area contributed by atoms with Crippen molar-refractivity contribution in [3.63, 3.8) is 0 Å². The number of halogens is 1. The predicted octanol–water partition coefficient (Wildman–Crippen LogP) is 2.60. The molecule has 0 fully saturated rings. The Balaban J connectivity index is 1.93. The van der Waals surface area contributed by atoms with Crippen LogP contribution in [-0.4, -0.2) is 26.7 Å². The topological polar surface area (TPSA) is 89.5 Å². The SMILES string of the molecule is CC(=O)c1ccc(OCC(=O)NS(=O)(=O)c2ccc(Br)s2)cc1. The summed E-state index contributed by atoms with van der Waals surface area (Å²) in [5, 5.41) is 0. The van der Waals surface area contributed by atoms with E-state index in [4.69, 9.17) is 4.74 Å². The largest absolute Gasteiger partial charge is 0.484 e. The Morgan fingerprint density at radius 3 is 2.35 bits per heavy atom. The van der Waals surface area contributed by atoms with Gasteiger partial charge in [0.2, 0.25) is 0 Å². The summed E-state index contributed by atoms with van der Waals surface area (Å²) >= 11 is 4.16. The number of ketones is 1. The summed E-state index contributed by atoms with van der Waals surface area (Å²) < 4.78 is 31.7. The van der Waals surface area contributed by atoms with Crippen LogP contribution in [0.3, 0.4) is 0 Å². The Bertz CT molecular complexity index is 827. The summed E-state index contributed by atoms with van der Waals surface area (Å²) in [5.41, 5.74) is 0.521. The second kappa shape index (κ2) is 7.24. The second-order valence-corrected chi connectivity index (χ2v) is 8.83. The summed E-state index contributed by atoms with van der Waals surface area (Å²) in [5.74, 6) is -0.505. The van der Waals surface area contributed by atoms with E-state index in [2.05, 4.69) is 15.9 Å². The second-order valence-electron chi connectivity index (χ2n) is 4.46. The third-order valence-corrected chi connectivity index (χ3v) is 6.18. The fourth-order valence-electron chi connectivity index (χ4n) is 1.61. The molecule has 9 heteroatoms. The fraction of sp³-hybridized carbons (Fsp3) is 0.143. The summed E-state index contributed by atoms with van der Waals surface area (Å²) in [6, 6.07) is 9.18. The van der Waals surface area contributed by atoms with E-state index in [1.54, 1.807) is 18.2 Å². The quantitative estimate of drug-likeness (QED) is 0.729. The van der Waals surface area contributed by atoms with E-state index < -0.39 is 22.5 Å². The van der Waals surface area contributed by atoms with Crippen molar-refractivity contribution in [2.45, 2.75) is 11.1 Å². The predicted molar refractivity (Wildman–Crippen MR) is 89.3 cm³/mol. The number of sulfonamides is 1. The molecule has 0 bridgehead atoms. The molecule has 0 radical (unpaired) electrons. The number of carbonyl (C=O) groups is 2. The van der Waals surface area contributed by atoms with Crippen molar-refractivity contribution < 1.29 is 22.7 Å². The highest BCUT2D eigenvalue weighted by atomic mass is 79.9. The van der Waals surface area contributed by atoms with Crippen LogP contribution in [0.1, 0.15) is 17.3 Å². The Kier molecular flexibility index (Phi) is 5.55. The molecule has 2 aromatic rings. The zero-order chi connectivity index (χ0) is 17.0. The molecule has 1 amide bonds. The van der Waals surface area contributed by atoms with E-state index in [-0.39, 0.29) is 9.99 Å². The highest BCUT2D eigenvalue weighted by Crippen LogP contribution is 2.25. The number of amides is 1. The first-order valence-electron chi connectivity index (χ1n) is 6.33. The molecule has 1 aromatic heterocycles. The summed E-state index contributed by atoms with van der Waals surface area (Å²) in [7, 11) is -3.90. The van der Waals surface area contributed by atoms with E-state index in [1.165, 1.54) is 25.1 Å². The first-order chi connectivity index (χ1) is 10.8. The zero-order valence-electron chi connectivity index (χ0n) is 11.9. The minimum absolute atomic E-state index is 0.0311. The smallest absolute Gasteiger partial charge is 0.273 e. The van der Waals surface area contributed by atoms with Crippen LogP contribution in [0.2, 0.25) is 0 Å². The first kappa shape index (κ1) is 17.6. The van der Waals surface area contributed by atoms with E-state index in [9.17, 15) is 18.0 Å². The average molecular weight is 418 g/mol. The standard InChI is InChI=1S/C14H12BrNO5S2/c1-9(17)10-2-4-11(5-3-10)21-8-13(18)16-23(19,20)14-7-6-12(15)22-14/h2-7H,8H2,1H3,(H,16,18). The van der Waals surface area contributed by atoms with E-state index in [0.29, 0.717) is 15.1 Å². The number of thiophene rings is 1. The van der Waals surface area contributed by atoms with Crippen molar-refractivity contribution in [3.8, 4) is 5.75 Å². The molecule has 1 heterocycles. The molecule has 0 aliphatic heterocycles. The normalized spacial score (nSPS) is 11.0. The molecular weight excluding hydrogens is 406 g/mol. The molecule has 23 heavy (non-hydrogen) atoms. The van der Waals surface area contributed by atoms with Gasteiger partial charge in [-0.2, -0.15) is 0 Å². The van der Waals surface area contributed by atoms with Crippen LogP contribution in [0.4, 0.5) is 0 Å². The molecule has 6 nitrogen and oxygen atoms in total. The van der Waals surface area contributed by atoms with Gasteiger partial charge in [0.25, 0.3) is 15.9 Å². The van der Waals surface area contributed by atoms with Crippen LogP contribution in [0.25, 0.3) is 0 Å². The molecule has 0 saturated heterocycles. The monoisotopic (exact) mass is 417 g/mol. The lowest BCUT2D eigenvalue weighted by Gasteiger charge is -2.07. The van der Waals surface area contributed by atoms with Crippen molar-refractivity contribution in [3.05, 3.63) is 45.7 Å². The molecule has 0 atom stereocenters. The van der Waals surface area contributed by atoms with Gasteiger partial charge in [-0.15, -0.1) is 11.3 Å². The number of nitrogens with one attached hydrogen (secondary N) is 1. The third kappa shape index (κ3) is 4.88. The van der Waals surface area contributed by atoms with Gasteiger partial charge < -0.3 is 4.74 Å². The number of benzene rings is 1. The Labute approximate surface area is 145 Å². The molecule has 0 unspecified atom stereocenters. The zero-order valence-corrected chi connectivity index (χ0v) is 15.1. The van der Waals surface area contributed by atoms with Gasteiger partial charge >= 0.3 is 0 Å². The van der Waals surface area contributed by atoms with Gasteiger partial charge in [0.15, 0.2) is 12.4 Å².